The molecule has 0 fully saturated rings. The SMILES string of the molecule is COc1cccc(C(=O)OCCc2c(C(c3cccc(Br)c3)c3c(O)c4c(oc3=O)CCCC4)[nH]c3ccccc23)c1OC. The number of esters is 1. The van der Waals surface area contributed by atoms with Gasteiger partial charge in [0, 0.05) is 39.5 Å². The number of halogens is 1. The van der Waals surface area contributed by atoms with Crippen LogP contribution in [0.3, 0.4) is 0 Å². The van der Waals surface area contributed by atoms with E-state index in [4.69, 9.17) is 18.6 Å². The van der Waals surface area contributed by atoms with E-state index < -0.39 is 17.5 Å². The third-order valence-electron chi connectivity index (χ3n) is 8.21. The van der Waals surface area contributed by atoms with Crippen LogP contribution in [0.4, 0.5) is 0 Å². The van der Waals surface area contributed by atoms with Crippen LogP contribution < -0.4 is 15.1 Å². The van der Waals surface area contributed by atoms with Crippen molar-refractivity contribution >= 4 is 32.8 Å². The molecular formula is C35H32BrNO7. The van der Waals surface area contributed by atoms with E-state index in [2.05, 4.69) is 20.9 Å². The van der Waals surface area contributed by atoms with E-state index in [1.54, 1.807) is 18.2 Å². The number of benzene rings is 3. The number of para-hydroxylation sites is 2. The second kappa shape index (κ2) is 12.6. The van der Waals surface area contributed by atoms with Crippen molar-refractivity contribution < 1.29 is 28.5 Å². The Kier molecular flexibility index (Phi) is 8.48. The first kappa shape index (κ1) is 29.6. The number of carbonyl (C=O) groups excluding carboxylic acids is 1. The van der Waals surface area contributed by atoms with E-state index in [0.29, 0.717) is 42.1 Å². The number of fused-ring (bicyclic) bond motifs is 2. The number of aromatic amines is 1. The highest BCUT2D eigenvalue weighted by Gasteiger charge is 2.32. The molecular weight excluding hydrogens is 626 g/mol. The third kappa shape index (κ3) is 5.48. The summed E-state index contributed by atoms with van der Waals surface area (Å²) in [6, 6.07) is 20.5. The Balaban J connectivity index is 1.44. The molecule has 0 aliphatic heterocycles. The predicted octanol–water partition coefficient (Wildman–Crippen LogP) is 7.06. The van der Waals surface area contributed by atoms with Gasteiger partial charge in [0.05, 0.1) is 32.3 Å². The Morgan fingerprint density at radius 3 is 2.61 bits per heavy atom. The molecule has 0 saturated carbocycles. The average molecular weight is 659 g/mol. The van der Waals surface area contributed by atoms with Crippen LogP contribution in [0.5, 0.6) is 17.2 Å². The Morgan fingerprint density at radius 1 is 1.02 bits per heavy atom. The summed E-state index contributed by atoms with van der Waals surface area (Å²) in [6.07, 6.45) is 3.44. The van der Waals surface area contributed by atoms with Crippen molar-refractivity contribution in [2.24, 2.45) is 0 Å². The van der Waals surface area contributed by atoms with E-state index in [9.17, 15) is 14.7 Å². The minimum absolute atomic E-state index is 0.0120. The molecule has 1 atom stereocenters. The fraction of sp³-hybridized carbons (Fsp3) is 0.257. The molecule has 2 heterocycles. The number of methoxy groups -OCH3 is 2. The highest BCUT2D eigenvalue weighted by atomic mass is 79.9. The summed E-state index contributed by atoms with van der Waals surface area (Å²) in [5.74, 6) is 0.0686. The number of nitrogens with one attached hydrogen (secondary N) is 1. The molecule has 6 rings (SSSR count). The number of aromatic hydroxyl groups is 1. The summed E-state index contributed by atoms with van der Waals surface area (Å²) in [4.78, 5) is 30.3. The van der Waals surface area contributed by atoms with Gasteiger partial charge in [-0.2, -0.15) is 0 Å². The van der Waals surface area contributed by atoms with E-state index in [-0.39, 0.29) is 23.5 Å². The minimum Gasteiger partial charge on any atom is -0.507 e. The summed E-state index contributed by atoms with van der Waals surface area (Å²) >= 11 is 3.58. The summed E-state index contributed by atoms with van der Waals surface area (Å²) in [5.41, 5.74) is 3.83. The lowest BCUT2D eigenvalue weighted by Crippen LogP contribution is -2.20. The van der Waals surface area contributed by atoms with Gasteiger partial charge in [-0.3, -0.25) is 0 Å². The molecule has 3 aromatic carbocycles. The second-order valence-corrected chi connectivity index (χ2v) is 11.7. The molecule has 2 N–H and O–H groups in total. The smallest absolute Gasteiger partial charge is 0.343 e. The predicted molar refractivity (Wildman–Crippen MR) is 170 cm³/mol. The zero-order valence-electron chi connectivity index (χ0n) is 24.4. The van der Waals surface area contributed by atoms with E-state index in [1.807, 2.05) is 48.5 Å². The zero-order chi connectivity index (χ0) is 30.8. The maximum atomic E-state index is 13.6. The van der Waals surface area contributed by atoms with Gasteiger partial charge >= 0.3 is 11.6 Å². The monoisotopic (exact) mass is 657 g/mol. The fourth-order valence-corrected chi connectivity index (χ4v) is 6.61. The van der Waals surface area contributed by atoms with Gasteiger partial charge in [-0.15, -0.1) is 0 Å². The average Bonchev–Trinajstić information content (AvgIpc) is 3.40. The van der Waals surface area contributed by atoms with Crippen LogP contribution in [0.25, 0.3) is 10.9 Å². The molecule has 0 saturated heterocycles. The summed E-state index contributed by atoms with van der Waals surface area (Å²) in [7, 11) is 2.98. The van der Waals surface area contributed by atoms with E-state index in [1.165, 1.54) is 14.2 Å². The van der Waals surface area contributed by atoms with Crippen molar-refractivity contribution in [2.75, 3.05) is 20.8 Å². The molecule has 226 valence electrons. The summed E-state index contributed by atoms with van der Waals surface area (Å²) < 4.78 is 23.2. The van der Waals surface area contributed by atoms with Gasteiger partial charge in [0.15, 0.2) is 11.5 Å². The topological polar surface area (TPSA) is 111 Å². The first-order valence-electron chi connectivity index (χ1n) is 14.5. The maximum absolute atomic E-state index is 13.6. The van der Waals surface area contributed by atoms with Gasteiger partial charge in [0.1, 0.15) is 17.1 Å². The van der Waals surface area contributed by atoms with E-state index in [0.717, 1.165) is 45.0 Å². The molecule has 1 aliphatic rings. The van der Waals surface area contributed by atoms with Gasteiger partial charge in [-0.25, -0.2) is 9.59 Å². The Hall–Kier alpha value is -4.50. The molecule has 0 amide bonds. The van der Waals surface area contributed by atoms with Crippen molar-refractivity contribution in [3.05, 3.63) is 121 Å². The van der Waals surface area contributed by atoms with Gasteiger partial charge in [0.2, 0.25) is 0 Å². The van der Waals surface area contributed by atoms with Crippen LogP contribution in [0, 0.1) is 0 Å². The van der Waals surface area contributed by atoms with Crippen molar-refractivity contribution in [2.45, 2.75) is 38.0 Å². The Morgan fingerprint density at radius 2 is 1.82 bits per heavy atom. The molecule has 0 spiro atoms. The van der Waals surface area contributed by atoms with Crippen LogP contribution in [0.2, 0.25) is 0 Å². The lowest BCUT2D eigenvalue weighted by Gasteiger charge is -2.23. The van der Waals surface area contributed by atoms with Crippen LogP contribution in [-0.4, -0.2) is 36.9 Å². The zero-order valence-corrected chi connectivity index (χ0v) is 26.0. The van der Waals surface area contributed by atoms with Gasteiger partial charge < -0.3 is 28.7 Å². The van der Waals surface area contributed by atoms with Crippen molar-refractivity contribution in [3.63, 3.8) is 0 Å². The molecule has 2 aromatic heterocycles. The Bertz CT molecular complexity index is 1910. The number of H-pyrrole nitrogens is 1. The standard InChI is InChI=1S/C35H32BrNO7/c1-41-28-16-8-13-25(33(28)42-2)34(39)43-18-17-23-22-11-3-5-14-26(22)37-31(23)29(20-9-7-10-21(36)19-20)30-32(38)24-12-4-6-15-27(24)44-35(30)40/h3,5,7-11,13-14,16,19,29,37-38H,4,6,12,15,17-18H2,1-2H3. The fourth-order valence-electron chi connectivity index (χ4n) is 6.19. The normalized spacial score (nSPS) is 13.3. The largest absolute Gasteiger partial charge is 0.507 e. The van der Waals surface area contributed by atoms with Gasteiger partial charge in [-0.05, 0) is 60.7 Å². The van der Waals surface area contributed by atoms with Crippen molar-refractivity contribution in [1.82, 2.24) is 4.98 Å². The highest BCUT2D eigenvalue weighted by molar-refractivity contribution is 9.10. The van der Waals surface area contributed by atoms with Crippen LogP contribution in [-0.2, 0) is 24.0 Å². The van der Waals surface area contributed by atoms with Crippen molar-refractivity contribution in [3.8, 4) is 17.2 Å². The molecule has 1 unspecified atom stereocenters. The number of ether oxygens (including phenoxy) is 3. The number of hydrogen-bond acceptors (Lipinski definition) is 7. The number of hydrogen-bond donors (Lipinski definition) is 2. The third-order valence-corrected chi connectivity index (χ3v) is 8.70. The molecule has 0 radical (unpaired) electrons. The van der Waals surface area contributed by atoms with Crippen LogP contribution in [0.15, 0.2) is 80.4 Å². The summed E-state index contributed by atoms with van der Waals surface area (Å²) in [5, 5.41) is 12.6. The molecule has 9 heteroatoms. The quantitative estimate of drug-likeness (QED) is 0.163. The Labute approximate surface area is 262 Å². The molecule has 44 heavy (non-hydrogen) atoms. The van der Waals surface area contributed by atoms with Crippen molar-refractivity contribution in [1.29, 1.82) is 0 Å². The minimum atomic E-state index is -0.674. The number of aromatic nitrogens is 1. The van der Waals surface area contributed by atoms with Gasteiger partial charge in [-0.1, -0.05) is 52.3 Å². The first-order chi connectivity index (χ1) is 21.4. The highest BCUT2D eigenvalue weighted by Crippen LogP contribution is 2.42. The molecule has 1 aliphatic carbocycles. The molecule has 0 bridgehead atoms. The van der Waals surface area contributed by atoms with Gasteiger partial charge in [0.25, 0.3) is 0 Å². The molecule has 5 aromatic rings. The van der Waals surface area contributed by atoms with Crippen LogP contribution in [0.1, 0.15) is 62.8 Å². The number of aryl methyl sites for hydroxylation is 1. The number of rotatable bonds is 9. The lowest BCUT2D eigenvalue weighted by molar-refractivity contribution is 0.0505. The molecule has 8 nitrogen and oxygen atoms in total. The maximum Gasteiger partial charge on any atom is 0.343 e. The lowest BCUT2D eigenvalue weighted by atomic mass is 9.84. The summed E-state index contributed by atoms with van der Waals surface area (Å²) in [6.45, 7) is 0.0595. The van der Waals surface area contributed by atoms with E-state index >= 15 is 0 Å². The number of carbonyl (C=O) groups is 1. The first-order valence-corrected chi connectivity index (χ1v) is 15.3. The second-order valence-electron chi connectivity index (χ2n) is 10.7. The van der Waals surface area contributed by atoms with Crippen LogP contribution >= 0.6 is 15.9 Å².